The lowest BCUT2D eigenvalue weighted by atomic mass is 10.0. The van der Waals surface area contributed by atoms with Crippen LogP contribution in [0.1, 0.15) is 18.4 Å². The molecule has 1 atom stereocenters. The maximum Gasteiger partial charge on any atom is 0.234 e. The average Bonchev–Trinajstić information content (AvgIpc) is 2.56. The summed E-state index contributed by atoms with van der Waals surface area (Å²) in [5, 5.41) is 5.96. The minimum absolute atomic E-state index is 0.00492. The Morgan fingerprint density at radius 3 is 2.83 bits per heavy atom. The quantitative estimate of drug-likeness (QED) is 0.700. The molecule has 1 unspecified atom stereocenters. The molecular weight excluding hydrogens is 316 g/mol. The summed E-state index contributed by atoms with van der Waals surface area (Å²) in [4.78, 5) is 13.9. The van der Waals surface area contributed by atoms with Crippen molar-refractivity contribution in [1.82, 2.24) is 15.5 Å². The molecule has 0 spiro atoms. The van der Waals surface area contributed by atoms with Gasteiger partial charge in [-0.2, -0.15) is 0 Å². The van der Waals surface area contributed by atoms with Gasteiger partial charge in [0.2, 0.25) is 5.91 Å². The molecule has 1 fully saturated rings. The molecule has 0 radical (unpaired) electrons. The van der Waals surface area contributed by atoms with Crippen molar-refractivity contribution in [2.75, 3.05) is 39.9 Å². The van der Waals surface area contributed by atoms with E-state index in [1.165, 1.54) is 18.2 Å². The first-order valence-corrected chi connectivity index (χ1v) is 8.24. The molecule has 1 aliphatic rings. The van der Waals surface area contributed by atoms with Crippen molar-refractivity contribution in [3.63, 3.8) is 0 Å². The fourth-order valence-corrected chi connectivity index (χ4v) is 2.88. The maximum atomic E-state index is 13.8. The number of carbonyl (C=O) groups is 1. The van der Waals surface area contributed by atoms with Gasteiger partial charge in [-0.15, -0.1) is 0 Å². The second kappa shape index (κ2) is 9.66. The molecule has 1 aliphatic heterocycles. The van der Waals surface area contributed by atoms with Crippen molar-refractivity contribution in [2.45, 2.75) is 25.4 Å². The normalized spacial score (nSPS) is 18.5. The number of benzene rings is 1. The van der Waals surface area contributed by atoms with E-state index >= 15 is 0 Å². The molecule has 0 bridgehead atoms. The number of halogens is 2. The number of rotatable bonds is 8. The van der Waals surface area contributed by atoms with Crippen LogP contribution in [0.2, 0.25) is 0 Å². The van der Waals surface area contributed by atoms with E-state index in [-0.39, 0.29) is 30.6 Å². The minimum Gasteiger partial charge on any atom is -0.383 e. The van der Waals surface area contributed by atoms with Gasteiger partial charge < -0.3 is 15.4 Å². The van der Waals surface area contributed by atoms with E-state index in [1.807, 2.05) is 4.90 Å². The molecule has 1 heterocycles. The van der Waals surface area contributed by atoms with Gasteiger partial charge in [0.15, 0.2) is 0 Å². The number of nitrogens with one attached hydrogen (secondary N) is 2. The Labute approximate surface area is 141 Å². The van der Waals surface area contributed by atoms with Crippen LogP contribution in [-0.2, 0) is 16.1 Å². The van der Waals surface area contributed by atoms with Crippen molar-refractivity contribution in [3.05, 3.63) is 35.4 Å². The molecule has 1 aromatic rings. The minimum atomic E-state index is -0.525. The fraction of sp³-hybridized carbons (Fsp3) is 0.588. The van der Waals surface area contributed by atoms with Crippen LogP contribution in [0, 0.1) is 11.6 Å². The number of likely N-dealkylation sites (tertiary alicyclic amines) is 1. The van der Waals surface area contributed by atoms with E-state index in [4.69, 9.17) is 4.74 Å². The second-order valence-corrected chi connectivity index (χ2v) is 6.01. The largest absolute Gasteiger partial charge is 0.383 e. The van der Waals surface area contributed by atoms with Gasteiger partial charge >= 0.3 is 0 Å². The summed E-state index contributed by atoms with van der Waals surface area (Å²) >= 11 is 0. The summed E-state index contributed by atoms with van der Waals surface area (Å²) in [6, 6.07) is 3.91. The number of ether oxygens (including phenoxy) is 1. The number of carbonyl (C=O) groups excluding carboxylic acids is 1. The fourth-order valence-electron chi connectivity index (χ4n) is 2.88. The standard InChI is InChI=1S/C17H25F2N3O2/c1-24-9-7-20-10-17(23)21-13-4-3-8-22(11-13)12-14-15(18)5-2-6-16(14)19/h2,5-6,13,20H,3-4,7-12H2,1H3,(H,21,23). The lowest BCUT2D eigenvalue weighted by Crippen LogP contribution is -2.49. The molecule has 24 heavy (non-hydrogen) atoms. The average molecular weight is 341 g/mol. The highest BCUT2D eigenvalue weighted by molar-refractivity contribution is 5.78. The van der Waals surface area contributed by atoms with Gasteiger partial charge in [-0.05, 0) is 31.5 Å². The van der Waals surface area contributed by atoms with E-state index in [0.717, 1.165) is 19.4 Å². The lowest BCUT2D eigenvalue weighted by Gasteiger charge is -2.33. The van der Waals surface area contributed by atoms with Crippen LogP contribution in [0.5, 0.6) is 0 Å². The molecule has 7 heteroatoms. The topological polar surface area (TPSA) is 53.6 Å². The zero-order valence-electron chi connectivity index (χ0n) is 14.0. The number of hydrogen-bond acceptors (Lipinski definition) is 4. The number of piperidine rings is 1. The predicted octanol–water partition coefficient (Wildman–Crippen LogP) is 1.28. The monoisotopic (exact) mass is 341 g/mol. The third kappa shape index (κ3) is 5.81. The summed E-state index contributed by atoms with van der Waals surface area (Å²) in [6.07, 6.45) is 1.76. The lowest BCUT2D eigenvalue weighted by molar-refractivity contribution is -0.121. The molecule has 0 saturated carbocycles. The van der Waals surface area contributed by atoms with Gasteiger partial charge in [0.05, 0.1) is 13.2 Å². The Balaban J connectivity index is 1.80. The molecule has 1 saturated heterocycles. The Bertz CT molecular complexity index is 522. The Kier molecular flexibility index (Phi) is 7.55. The first-order chi connectivity index (χ1) is 11.6. The smallest absolute Gasteiger partial charge is 0.234 e. The van der Waals surface area contributed by atoms with Crippen LogP contribution in [0.3, 0.4) is 0 Å². The molecular formula is C17H25F2N3O2. The molecule has 0 aliphatic carbocycles. The molecule has 2 N–H and O–H groups in total. The molecule has 0 aromatic heterocycles. The third-order valence-corrected chi connectivity index (χ3v) is 4.08. The third-order valence-electron chi connectivity index (χ3n) is 4.08. The molecule has 1 amide bonds. The van der Waals surface area contributed by atoms with Crippen molar-refractivity contribution < 1.29 is 18.3 Å². The number of nitrogens with zero attached hydrogens (tertiary/aromatic N) is 1. The number of amides is 1. The highest BCUT2D eigenvalue weighted by Crippen LogP contribution is 2.18. The van der Waals surface area contributed by atoms with Gasteiger partial charge in [-0.3, -0.25) is 9.69 Å². The van der Waals surface area contributed by atoms with Gasteiger partial charge in [0, 0.05) is 38.3 Å². The van der Waals surface area contributed by atoms with E-state index in [0.29, 0.717) is 19.7 Å². The highest BCUT2D eigenvalue weighted by Gasteiger charge is 2.23. The van der Waals surface area contributed by atoms with Crippen molar-refractivity contribution in [3.8, 4) is 0 Å². The molecule has 1 aromatic carbocycles. The van der Waals surface area contributed by atoms with E-state index in [1.54, 1.807) is 7.11 Å². The van der Waals surface area contributed by atoms with Crippen LogP contribution in [0.15, 0.2) is 18.2 Å². The Morgan fingerprint density at radius 2 is 2.12 bits per heavy atom. The van der Waals surface area contributed by atoms with Crippen molar-refractivity contribution in [1.29, 1.82) is 0 Å². The van der Waals surface area contributed by atoms with Crippen LogP contribution < -0.4 is 10.6 Å². The summed E-state index contributed by atoms with van der Waals surface area (Å²) in [5.74, 6) is -1.12. The number of hydrogen-bond donors (Lipinski definition) is 2. The van der Waals surface area contributed by atoms with Gasteiger partial charge in [0.25, 0.3) is 0 Å². The number of methoxy groups -OCH3 is 1. The van der Waals surface area contributed by atoms with Crippen molar-refractivity contribution >= 4 is 5.91 Å². The van der Waals surface area contributed by atoms with Crippen molar-refractivity contribution in [2.24, 2.45) is 0 Å². The first-order valence-electron chi connectivity index (χ1n) is 8.24. The van der Waals surface area contributed by atoms with Crippen LogP contribution >= 0.6 is 0 Å². The van der Waals surface area contributed by atoms with Gasteiger partial charge in [0.1, 0.15) is 11.6 Å². The SMILES string of the molecule is COCCNCC(=O)NC1CCCN(Cc2c(F)cccc2F)C1. The predicted molar refractivity (Wildman–Crippen MR) is 87.5 cm³/mol. The van der Waals surface area contributed by atoms with E-state index < -0.39 is 11.6 Å². The Morgan fingerprint density at radius 1 is 1.38 bits per heavy atom. The first kappa shape index (κ1) is 18.8. The van der Waals surface area contributed by atoms with E-state index in [9.17, 15) is 13.6 Å². The molecule has 5 nitrogen and oxygen atoms in total. The zero-order valence-corrected chi connectivity index (χ0v) is 14.0. The van der Waals surface area contributed by atoms with Crippen LogP contribution in [0.25, 0.3) is 0 Å². The zero-order chi connectivity index (χ0) is 17.4. The summed E-state index contributed by atoms with van der Waals surface area (Å²) < 4.78 is 32.4. The van der Waals surface area contributed by atoms with Crippen LogP contribution in [0.4, 0.5) is 8.78 Å². The molecule has 2 rings (SSSR count). The molecule has 134 valence electrons. The highest BCUT2D eigenvalue weighted by atomic mass is 19.1. The van der Waals surface area contributed by atoms with Gasteiger partial charge in [-0.25, -0.2) is 8.78 Å². The summed E-state index contributed by atoms with van der Waals surface area (Å²) in [6.45, 7) is 2.99. The van der Waals surface area contributed by atoms with Crippen LogP contribution in [-0.4, -0.2) is 56.7 Å². The van der Waals surface area contributed by atoms with E-state index in [2.05, 4.69) is 10.6 Å². The summed E-state index contributed by atoms with van der Waals surface area (Å²) in [7, 11) is 1.61. The second-order valence-electron chi connectivity index (χ2n) is 6.01. The summed E-state index contributed by atoms with van der Waals surface area (Å²) in [5.41, 5.74) is 0.0886. The Hall–Kier alpha value is -1.57. The van der Waals surface area contributed by atoms with Gasteiger partial charge in [-0.1, -0.05) is 6.07 Å². The maximum absolute atomic E-state index is 13.8.